The second-order valence-electron chi connectivity index (χ2n) is 6.68. The summed E-state index contributed by atoms with van der Waals surface area (Å²) in [6, 6.07) is 6.31. The van der Waals surface area contributed by atoms with E-state index in [2.05, 4.69) is 12.2 Å². The van der Waals surface area contributed by atoms with Crippen LogP contribution in [-0.2, 0) is 26.0 Å². The van der Waals surface area contributed by atoms with Gasteiger partial charge in [-0.05, 0) is 30.5 Å². The molecular weight excluding hydrogens is 354 g/mol. The fourth-order valence-electron chi connectivity index (χ4n) is 3.00. The number of sulfonamides is 1. The molecule has 0 saturated carbocycles. The Hall–Kier alpha value is -1.93. The summed E-state index contributed by atoms with van der Waals surface area (Å²) < 4.78 is 22.5. The number of carbonyl (C=O) groups is 2. The van der Waals surface area contributed by atoms with Gasteiger partial charge in [0.1, 0.15) is 0 Å². The van der Waals surface area contributed by atoms with E-state index in [1.165, 1.54) is 12.1 Å². The predicted octanol–water partition coefficient (Wildman–Crippen LogP) is 1.03. The van der Waals surface area contributed by atoms with Gasteiger partial charge in [0.25, 0.3) is 0 Å². The lowest BCUT2D eigenvalue weighted by Gasteiger charge is -2.16. The molecule has 1 aromatic carbocycles. The summed E-state index contributed by atoms with van der Waals surface area (Å²) in [5.74, 6) is -0.344. The van der Waals surface area contributed by atoms with E-state index in [1.54, 1.807) is 17.0 Å². The Labute approximate surface area is 155 Å². The van der Waals surface area contributed by atoms with Gasteiger partial charge in [0.15, 0.2) is 0 Å². The van der Waals surface area contributed by atoms with Gasteiger partial charge in [-0.15, -0.1) is 0 Å². The highest BCUT2D eigenvalue weighted by molar-refractivity contribution is 7.89. The molecule has 0 aromatic heterocycles. The molecule has 26 heavy (non-hydrogen) atoms. The Kier molecular flexibility index (Phi) is 7.16. The summed E-state index contributed by atoms with van der Waals surface area (Å²) in [5, 5.41) is 7.98. The number of primary sulfonamides is 1. The molecule has 1 aliphatic heterocycles. The number of nitrogens with zero attached hydrogens (tertiary/aromatic N) is 1. The predicted molar refractivity (Wildman–Crippen MR) is 98.7 cm³/mol. The highest BCUT2D eigenvalue weighted by atomic mass is 32.2. The molecule has 1 aromatic rings. The first-order valence-electron chi connectivity index (χ1n) is 8.98. The standard InChI is InChI=1S/C18H27N3O4S/c1-2-3-4-10-20-18(23)15-12-17(22)21(13-15)11-9-14-5-7-16(8-6-14)26(19,24)25/h5-8,15H,2-4,9-13H2,1H3,(H,20,23)(H2,19,24,25). The van der Waals surface area contributed by atoms with E-state index in [1.807, 2.05) is 0 Å². The lowest BCUT2D eigenvalue weighted by atomic mass is 10.1. The third-order valence-corrected chi connectivity index (χ3v) is 5.52. The van der Waals surface area contributed by atoms with Crippen molar-refractivity contribution in [3.63, 3.8) is 0 Å². The van der Waals surface area contributed by atoms with Crippen LogP contribution in [0.25, 0.3) is 0 Å². The number of nitrogens with two attached hydrogens (primary N) is 1. The first-order valence-corrected chi connectivity index (χ1v) is 10.5. The van der Waals surface area contributed by atoms with Crippen LogP contribution in [0.1, 0.15) is 38.2 Å². The van der Waals surface area contributed by atoms with Crippen LogP contribution in [0.3, 0.4) is 0 Å². The first-order chi connectivity index (χ1) is 12.3. The maximum atomic E-state index is 12.1. The van der Waals surface area contributed by atoms with E-state index in [0.717, 1.165) is 24.8 Å². The van der Waals surface area contributed by atoms with Crippen LogP contribution in [0.15, 0.2) is 29.2 Å². The van der Waals surface area contributed by atoms with E-state index in [9.17, 15) is 18.0 Å². The molecule has 1 atom stereocenters. The smallest absolute Gasteiger partial charge is 0.238 e. The Morgan fingerprint density at radius 1 is 1.27 bits per heavy atom. The Balaban J connectivity index is 1.81. The molecule has 0 radical (unpaired) electrons. The molecule has 1 aliphatic rings. The van der Waals surface area contributed by atoms with Gasteiger partial charge in [0, 0.05) is 26.1 Å². The summed E-state index contributed by atoms with van der Waals surface area (Å²) in [6.07, 6.45) is 4.00. The number of rotatable bonds is 9. The third-order valence-electron chi connectivity index (χ3n) is 4.59. The quantitative estimate of drug-likeness (QED) is 0.623. The van der Waals surface area contributed by atoms with Crippen LogP contribution >= 0.6 is 0 Å². The van der Waals surface area contributed by atoms with Crippen molar-refractivity contribution in [1.29, 1.82) is 0 Å². The molecule has 2 amide bonds. The van der Waals surface area contributed by atoms with E-state index < -0.39 is 10.0 Å². The van der Waals surface area contributed by atoms with Crippen LogP contribution in [0.4, 0.5) is 0 Å². The van der Waals surface area contributed by atoms with Gasteiger partial charge >= 0.3 is 0 Å². The highest BCUT2D eigenvalue weighted by Gasteiger charge is 2.33. The molecule has 2 rings (SSSR count). The maximum absolute atomic E-state index is 12.1. The molecule has 8 heteroatoms. The summed E-state index contributed by atoms with van der Waals surface area (Å²) >= 11 is 0. The lowest BCUT2D eigenvalue weighted by Crippen LogP contribution is -2.34. The number of hydrogen-bond acceptors (Lipinski definition) is 4. The minimum atomic E-state index is -3.70. The number of likely N-dealkylation sites (tertiary alicyclic amines) is 1. The molecule has 1 fully saturated rings. The fourth-order valence-corrected chi connectivity index (χ4v) is 3.52. The number of unbranched alkanes of at least 4 members (excludes halogenated alkanes) is 2. The van der Waals surface area contributed by atoms with Crippen LogP contribution in [0.5, 0.6) is 0 Å². The molecule has 0 bridgehead atoms. The minimum absolute atomic E-state index is 0.0140. The van der Waals surface area contributed by atoms with Crippen molar-refractivity contribution in [2.75, 3.05) is 19.6 Å². The molecule has 0 spiro atoms. The lowest BCUT2D eigenvalue weighted by molar-refractivity contribution is -0.129. The monoisotopic (exact) mass is 381 g/mol. The molecule has 144 valence electrons. The number of amides is 2. The van der Waals surface area contributed by atoms with Crippen LogP contribution in [0.2, 0.25) is 0 Å². The van der Waals surface area contributed by atoms with Crippen LogP contribution in [-0.4, -0.2) is 44.8 Å². The van der Waals surface area contributed by atoms with Crippen LogP contribution in [0, 0.1) is 5.92 Å². The Bertz CT molecular complexity index is 731. The van der Waals surface area contributed by atoms with Crippen molar-refractivity contribution in [3.05, 3.63) is 29.8 Å². The Morgan fingerprint density at radius 3 is 2.58 bits per heavy atom. The zero-order valence-electron chi connectivity index (χ0n) is 15.1. The SMILES string of the molecule is CCCCCNC(=O)C1CC(=O)N(CCc2ccc(S(N)(=O)=O)cc2)C1. The van der Waals surface area contributed by atoms with Crippen molar-refractivity contribution >= 4 is 21.8 Å². The summed E-state index contributed by atoms with van der Waals surface area (Å²) in [7, 11) is -3.70. The second-order valence-corrected chi connectivity index (χ2v) is 8.24. The van der Waals surface area contributed by atoms with Gasteiger partial charge < -0.3 is 10.2 Å². The molecule has 3 N–H and O–H groups in total. The molecule has 1 saturated heterocycles. The van der Waals surface area contributed by atoms with Gasteiger partial charge in [0.05, 0.1) is 10.8 Å². The average molecular weight is 381 g/mol. The van der Waals surface area contributed by atoms with Gasteiger partial charge in [-0.25, -0.2) is 13.6 Å². The van der Waals surface area contributed by atoms with Crippen molar-refractivity contribution in [3.8, 4) is 0 Å². The van der Waals surface area contributed by atoms with Gasteiger partial charge in [-0.3, -0.25) is 9.59 Å². The van der Waals surface area contributed by atoms with Gasteiger partial charge in [0.2, 0.25) is 21.8 Å². The van der Waals surface area contributed by atoms with Crippen molar-refractivity contribution < 1.29 is 18.0 Å². The first kappa shape index (κ1) is 20.4. The molecule has 1 heterocycles. The summed E-state index contributed by atoms with van der Waals surface area (Å²) in [4.78, 5) is 26.0. The topological polar surface area (TPSA) is 110 Å². The highest BCUT2D eigenvalue weighted by Crippen LogP contribution is 2.19. The number of nitrogens with one attached hydrogen (secondary N) is 1. The largest absolute Gasteiger partial charge is 0.356 e. The summed E-state index contributed by atoms with van der Waals surface area (Å²) in [5.41, 5.74) is 0.915. The van der Waals surface area contributed by atoms with Crippen molar-refractivity contribution in [2.45, 2.75) is 43.9 Å². The van der Waals surface area contributed by atoms with Gasteiger partial charge in [-0.1, -0.05) is 31.9 Å². The number of hydrogen-bond donors (Lipinski definition) is 2. The number of benzene rings is 1. The van der Waals surface area contributed by atoms with E-state index in [4.69, 9.17) is 5.14 Å². The molecule has 1 unspecified atom stereocenters. The normalized spacial score (nSPS) is 17.5. The molecular formula is C18H27N3O4S. The van der Waals surface area contributed by atoms with Crippen molar-refractivity contribution in [1.82, 2.24) is 10.2 Å². The summed E-state index contributed by atoms with van der Waals surface area (Å²) in [6.45, 7) is 3.71. The second kappa shape index (κ2) is 9.14. The van der Waals surface area contributed by atoms with Crippen LogP contribution < -0.4 is 10.5 Å². The zero-order valence-corrected chi connectivity index (χ0v) is 15.9. The Morgan fingerprint density at radius 2 is 1.96 bits per heavy atom. The zero-order chi connectivity index (χ0) is 19.2. The minimum Gasteiger partial charge on any atom is -0.356 e. The third kappa shape index (κ3) is 5.81. The van der Waals surface area contributed by atoms with E-state index >= 15 is 0 Å². The van der Waals surface area contributed by atoms with E-state index in [0.29, 0.717) is 26.1 Å². The average Bonchev–Trinajstić information content (AvgIpc) is 2.97. The molecule has 7 nitrogen and oxygen atoms in total. The number of carbonyl (C=O) groups excluding carboxylic acids is 2. The molecule has 0 aliphatic carbocycles. The van der Waals surface area contributed by atoms with Crippen molar-refractivity contribution in [2.24, 2.45) is 11.1 Å². The van der Waals surface area contributed by atoms with E-state index in [-0.39, 0.29) is 29.0 Å². The maximum Gasteiger partial charge on any atom is 0.238 e. The fraction of sp³-hybridized carbons (Fsp3) is 0.556. The van der Waals surface area contributed by atoms with Gasteiger partial charge in [-0.2, -0.15) is 0 Å².